The molecule has 0 aliphatic rings. The number of nitrogens with zero attached hydrogens (tertiary/aromatic N) is 1. The molecule has 14 heavy (non-hydrogen) atoms. The van der Waals surface area contributed by atoms with Crippen LogP contribution in [0.3, 0.4) is 0 Å². The number of rotatable bonds is 5. The maximum atomic E-state index is 10.8. The van der Waals surface area contributed by atoms with E-state index in [4.69, 9.17) is 10.8 Å². The number of nitrogens with two attached hydrogens (primary N) is 1. The van der Waals surface area contributed by atoms with E-state index in [0.717, 1.165) is 5.56 Å². The Balaban J connectivity index is 2.60. The summed E-state index contributed by atoms with van der Waals surface area (Å²) in [7, 11) is 0. The molecule has 1 atom stereocenters. The monoisotopic (exact) mass is 194 g/mol. The van der Waals surface area contributed by atoms with Crippen LogP contribution in [0.25, 0.3) is 0 Å². The first-order valence-corrected chi connectivity index (χ1v) is 4.56. The van der Waals surface area contributed by atoms with Crippen molar-refractivity contribution in [2.24, 2.45) is 11.7 Å². The molecular formula is C10H14N2O2. The third-order valence-electron chi connectivity index (χ3n) is 2.07. The van der Waals surface area contributed by atoms with Crippen molar-refractivity contribution in [3.8, 4) is 0 Å². The number of carbonyl (C=O) groups is 1. The fourth-order valence-corrected chi connectivity index (χ4v) is 1.32. The van der Waals surface area contributed by atoms with Gasteiger partial charge < -0.3 is 10.8 Å². The van der Waals surface area contributed by atoms with Crippen molar-refractivity contribution in [3.63, 3.8) is 0 Å². The average Bonchev–Trinajstić information content (AvgIpc) is 2.18. The SMILES string of the molecule is NCCC(Cc1cccnc1)C(=O)O. The lowest BCUT2D eigenvalue weighted by atomic mass is 9.97. The topological polar surface area (TPSA) is 76.2 Å². The molecule has 0 saturated carbocycles. The van der Waals surface area contributed by atoms with E-state index in [0.29, 0.717) is 19.4 Å². The molecular weight excluding hydrogens is 180 g/mol. The molecule has 0 aliphatic carbocycles. The molecule has 0 aromatic carbocycles. The first-order chi connectivity index (χ1) is 6.74. The Morgan fingerprint density at radius 2 is 2.43 bits per heavy atom. The predicted molar refractivity (Wildman–Crippen MR) is 52.7 cm³/mol. The highest BCUT2D eigenvalue weighted by molar-refractivity contribution is 5.70. The van der Waals surface area contributed by atoms with Gasteiger partial charge >= 0.3 is 5.97 Å². The first kappa shape index (κ1) is 10.7. The summed E-state index contributed by atoms with van der Waals surface area (Å²) in [5, 5.41) is 8.89. The molecule has 0 aliphatic heterocycles. The van der Waals surface area contributed by atoms with E-state index in [2.05, 4.69) is 4.98 Å². The van der Waals surface area contributed by atoms with Gasteiger partial charge in [0.2, 0.25) is 0 Å². The van der Waals surface area contributed by atoms with Crippen molar-refractivity contribution >= 4 is 5.97 Å². The highest BCUT2D eigenvalue weighted by Crippen LogP contribution is 2.10. The molecule has 1 aromatic rings. The zero-order valence-electron chi connectivity index (χ0n) is 7.89. The quantitative estimate of drug-likeness (QED) is 0.722. The zero-order chi connectivity index (χ0) is 10.4. The summed E-state index contributed by atoms with van der Waals surface area (Å²) in [6.45, 7) is 0.400. The lowest BCUT2D eigenvalue weighted by molar-refractivity contribution is -0.141. The van der Waals surface area contributed by atoms with Gasteiger partial charge in [-0.25, -0.2) is 0 Å². The van der Waals surface area contributed by atoms with E-state index in [1.807, 2.05) is 6.07 Å². The van der Waals surface area contributed by atoms with Crippen LogP contribution < -0.4 is 5.73 Å². The molecule has 4 nitrogen and oxygen atoms in total. The molecule has 3 N–H and O–H groups in total. The second kappa shape index (κ2) is 5.34. The minimum absolute atomic E-state index is 0.399. The molecule has 1 heterocycles. The third-order valence-corrected chi connectivity index (χ3v) is 2.07. The van der Waals surface area contributed by atoms with Crippen LogP contribution in [0.15, 0.2) is 24.5 Å². The summed E-state index contributed by atoms with van der Waals surface area (Å²) in [5.41, 5.74) is 6.28. The van der Waals surface area contributed by atoms with E-state index >= 15 is 0 Å². The molecule has 0 bridgehead atoms. The summed E-state index contributed by atoms with van der Waals surface area (Å²) in [6, 6.07) is 3.68. The fourth-order valence-electron chi connectivity index (χ4n) is 1.32. The van der Waals surface area contributed by atoms with Crippen LogP contribution in [-0.4, -0.2) is 22.6 Å². The van der Waals surface area contributed by atoms with Crippen molar-refractivity contribution < 1.29 is 9.90 Å². The van der Waals surface area contributed by atoms with Gasteiger partial charge in [0.1, 0.15) is 0 Å². The third kappa shape index (κ3) is 3.14. The molecule has 0 spiro atoms. The summed E-state index contributed by atoms with van der Waals surface area (Å²) >= 11 is 0. The van der Waals surface area contributed by atoms with E-state index < -0.39 is 11.9 Å². The Bertz CT molecular complexity index is 287. The van der Waals surface area contributed by atoms with Gasteiger partial charge in [0.15, 0.2) is 0 Å². The van der Waals surface area contributed by atoms with Gasteiger partial charge in [0, 0.05) is 12.4 Å². The maximum absolute atomic E-state index is 10.8. The van der Waals surface area contributed by atoms with Crippen molar-refractivity contribution in [2.45, 2.75) is 12.8 Å². The average molecular weight is 194 g/mol. The van der Waals surface area contributed by atoms with Crippen LogP contribution in [0.2, 0.25) is 0 Å². The van der Waals surface area contributed by atoms with E-state index in [9.17, 15) is 4.79 Å². The predicted octanol–water partition coefficient (Wildman–Crippen LogP) is 0.674. The van der Waals surface area contributed by atoms with Gasteiger partial charge in [-0.1, -0.05) is 6.07 Å². The number of carboxylic acid groups (broad SMARTS) is 1. The number of hydrogen-bond donors (Lipinski definition) is 2. The Hall–Kier alpha value is -1.42. The number of aromatic nitrogens is 1. The fraction of sp³-hybridized carbons (Fsp3) is 0.400. The van der Waals surface area contributed by atoms with Crippen molar-refractivity contribution in [1.29, 1.82) is 0 Å². The Morgan fingerprint density at radius 1 is 1.64 bits per heavy atom. The highest BCUT2D eigenvalue weighted by Gasteiger charge is 2.16. The number of hydrogen-bond acceptors (Lipinski definition) is 3. The Kier molecular flexibility index (Phi) is 4.07. The van der Waals surface area contributed by atoms with Gasteiger partial charge in [-0.15, -0.1) is 0 Å². The van der Waals surface area contributed by atoms with Crippen LogP contribution >= 0.6 is 0 Å². The second-order valence-corrected chi connectivity index (χ2v) is 3.18. The van der Waals surface area contributed by atoms with Crippen molar-refractivity contribution in [3.05, 3.63) is 30.1 Å². The van der Waals surface area contributed by atoms with Gasteiger partial charge in [0.25, 0.3) is 0 Å². The van der Waals surface area contributed by atoms with E-state index in [1.54, 1.807) is 18.5 Å². The number of aliphatic carboxylic acids is 1. The summed E-state index contributed by atoms with van der Waals surface area (Å²) < 4.78 is 0. The molecule has 1 unspecified atom stereocenters. The van der Waals surface area contributed by atoms with Crippen LogP contribution in [0.4, 0.5) is 0 Å². The first-order valence-electron chi connectivity index (χ1n) is 4.56. The Morgan fingerprint density at radius 3 is 2.93 bits per heavy atom. The minimum atomic E-state index is -0.792. The maximum Gasteiger partial charge on any atom is 0.306 e. The molecule has 0 radical (unpaired) electrons. The van der Waals surface area contributed by atoms with Gasteiger partial charge in [-0.3, -0.25) is 9.78 Å². The van der Waals surface area contributed by atoms with Crippen molar-refractivity contribution in [1.82, 2.24) is 4.98 Å². The summed E-state index contributed by atoms with van der Waals surface area (Å²) in [4.78, 5) is 14.8. The molecule has 0 saturated heterocycles. The minimum Gasteiger partial charge on any atom is -0.481 e. The lowest BCUT2D eigenvalue weighted by Crippen LogP contribution is -2.20. The highest BCUT2D eigenvalue weighted by atomic mass is 16.4. The lowest BCUT2D eigenvalue weighted by Gasteiger charge is -2.10. The van der Waals surface area contributed by atoms with Crippen LogP contribution in [0.5, 0.6) is 0 Å². The van der Waals surface area contributed by atoms with Crippen LogP contribution in [0.1, 0.15) is 12.0 Å². The summed E-state index contributed by atoms with van der Waals surface area (Å²) in [5.74, 6) is -1.19. The van der Waals surface area contributed by atoms with Gasteiger partial charge in [0.05, 0.1) is 5.92 Å². The molecule has 0 amide bonds. The largest absolute Gasteiger partial charge is 0.481 e. The molecule has 1 aromatic heterocycles. The van der Waals surface area contributed by atoms with Crippen LogP contribution in [0, 0.1) is 5.92 Å². The molecule has 0 fully saturated rings. The van der Waals surface area contributed by atoms with Crippen molar-refractivity contribution in [2.75, 3.05) is 6.54 Å². The smallest absolute Gasteiger partial charge is 0.306 e. The van der Waals surface area contributed by atoms with E-state index in [-0.39, 0.29) is 0 Å². The number of carboxylic acids is 1. The summed E-state index contributed by atoms with van der Waals surface area (Å²) in [6.07, 6.45) is 4.36. The normalized spacial score (nSPS) is 12.4. The molecule has 76 valence electrons. The number of pyridine rings is 1. The zero-order valence-corrected chi connectivity index (χ0v) is 7.89. The Labute approximate surface area is 82.8 Å². The second-order valence-electron chi connectivity index (χ2n) is 3.18. The van der Waals surface area contributed by atoms with E-state index in [1.165, 1.54) is 0 Å². The van der Waals surface area contributed by atoms with Gasteiger partial charge in [-0.2, -0.15) is 0 Å². The molecule has 1 rings (SSSR count). The van der Waals surface area contributed by atoms with Crippen LogP contribution in [-0.2, 0) is 11.2 Å². The standard InChI is InChI=1S/C10H14N2O2/c11-4-3-9(10(13)14)6-8-2-1-5-12-7-8/h1-2,5,7,9H,3-4,6,11H2,(H,13,14). The molecule has 4 heteroatoms. The van der Waals surface area contributed by atoms with Gasteiger partial charge in [-0.05, 0) is 31.0 Å².